The molecular weight excluding hydrogens is 335 g/mol. The molecule has 0 radical (unpaired) electrons. The fraction of sp³-hybridized carbons (Fsp3) is 0.421. The highest BCUT2D eigenvalue weighted by atomic mass is 19.1. The van der Waals surface area contributed by atoms with Gasteiger partial charge in [0.2, 0.25) is 5.91 Å². The van der Waals surface area contributed by atoms with E-state index in [1.54, 1.807) is 28.6 Å². The SMILES string of the molecule is CCN(CC)C(=O)CCCNC(=O)c1cnn(-c2ccc(F)cc2)c1C. The van der Waals surface area contributed by atoms with Crippen LogP contribution in [0.5, 0.6) is 0 Å². The van der Waals surface area contributed by atoms with E-state index in [1.165, 1.54) is 18.3 Å². The summed E-state index contributed by atoms with van der Waals surface area (Å²) >= 11 is 0. The van der Waals surface area contributed by atoms with Crippen LogP contribution in [-0.4, -0.2) is 46.1 Å². The second-order valence-electron chi connectivity index (χ2n) is 5.96. The standard InChI is InChI=1S/C19H25FN4O2/c1-4-23(5-2)18(25)7-6-12-21-19(26)17-13-22-24(14(17)3)16-10-8-15(20)9-11-16/h8-11,13H,4-7,12H2,1-3H3,(H,21,26). The molecule has 0 saturated carbocycles. The van der Waals surface area contributed by atoms with Gasteiger partial charge in [-0.1, -0.05) is 0 Å². The molecule has 26 heavy (non-hydrogen) atoms. The predicted molar refractivity (Wildman–Crippen MR) is 97.8 cm³/mol. The van der Waals surface area contributed by atoms with Crippen molar-refractivity contribution < 1.29 is 14.0 Å². The van der Waals surface area contributed by atoms with Crippen LogP contribution in [0.2, 0.25) is 0 Å². The first-order valence-corrected chi connectivity index (χ1v) is 8.84. The number of halogens is 1. The molecule has 7 heteroatoms. The maximum Gasteiger partial charge on any atom is 0.254 e. The zero-order chi connectivity index (χ0) is 19.1. The van der Waals surface area contributed by atoms with E-state index in [-0.39, 0.29) is 17.6 Å². The van der Waals surface area contributed by atoms with Crippen LogP contribution < -0.4 is 5.32 Å². The summed E-state index contributed by atoms with van der Waals surface area (Å²) < 4.78 is 14.6. The molecule has 0 atom stereocenters. The fourth-order valence-electron chi connectivity index (χ4n) is 2.75. The first-order valence-electron chi connectivity index (χ1n) is 8.84. The molecule has 0 fully saturated rings. The average molecular weight is 360 g/mol. The molecule has 1 aromatic carbocycles. The van der Waals surface area contributed by atoms with Gasteiger partial charge in [-0.25, -0.2) is 9.07 Å². The van der Waals surface area contributed by atoms with E-state index in [4.69, 9.17) is 0 Å². The third-order valence-electron chi connectivity index (χ3n) is 4.29. The topological polar surface area (TPSA) is 67.2 Å². The van der Waals surface area contributed by atoms with E-state index in [0.717, 1.165) is 0 Å². The highest BCUT2D eigenvalue weighted by Crippen LogP contribution is 2.14. The number of hydrogen-bond donors (Lipinski definition) is 1. The molecule has 1 aromatic heterocycles. The molecule has 1 N–H and O–H groups in total. The maximum atomic E-state index is 13.0. The van der Waals surface area contributed by atoms with Gasteiger partial charge in [-0.05, 0) is 51.5 Å². The van der Waals surface area contributed by atoms with Crippen molar-refractivity contribution in [2.75, 3.05) is 19.6 Å². The van der Waals surface area contributed by atoms with Crippen molar-refractivity contribution in [3.05, 3.63) is 47.5 Å². The van der Waals surface area contributed by atoms with Crippen molar-refractivity contribution >= 4 is 11.8 Å². The molecule has 0 spiro atoms. The number of benzene rings is 1. The number of carbonyl (C=O) groups is 2. The average Bonchev–Trinajstić information content (AvgIpc) is 3.02. The first-order chi connectivity index (χ1) is 12.5. The van der Waals surface area contributed by atoms with E-state index in [2.05, 4.69) is 10.4 Å². The van der Waals surface area contributed by atoms with Crippen LogP contribution in [0.4, 0.5) is 4.39 Å². The summed E-state index contributed by atoms with van der Waals surface area (Å²) in [5.74, 6) is -0.452. The summed E-state index contributed by atoms with van der Waals surface area (Å²) in [7, 11) is 0. The number of rotatable bonds is 8. The summed E-state index contributed by atoms with van der Waals surface area (Å²) in [5, 5.41) is 7.03. The Morgan fingerprint density at radius 3 is 2.46 bits per heavy atom. The van der Waals surface area contributed by atoms with Crippen LogP contribution in [0.25, 0.3) is 5.69 Å². The molecule has 1 heterocycles. The number of nitrogens with zero attached hydrogens (tertiary/aromatic N) is 3. The Morgan fingerprint density at radius 2 is 1.85 bits per heavy atom. The second-order valence-corrected chi connectivity index (χ2v) is 5.96. The highest BCUT2D eigenvalue weighted by molar-refractivity contribution is 5.95. The third kappa shape index (κ3) is 4.68. The Hall–Kier alpha value is -2.70. The van der Waals surface area contributed by atoms with Gasteiger partial charge in [-0.3, -0.25) is 9.59 Å². The summed E-state index contributed by atoms with van der Waals surface area (Å²) in [6.45, 7) is 7.50. The van der Waals surface area contributed by atoms with Crippen LogP contribution in [0.1, 0.15) is 42.7 Å². The molecule has 0 aliphatic carbocycles. The van der Waals surface area contributed by atoms with Gasteiger partial charge in [0.1, 0.15) is 5.82 Å². The van der Waals surface area contributed by atoms with Gasteiger partial charge in [0, 0.05) is 26.1 Å². The highest BCUT2D eigenvalue weighted by Gasteiger charge is 2.15. The number of carbonyl (C=O) groups excluding carboxylic acids is 2. The largest absolute Gasteiger partial charge is 0.352 e. The van der Waals surface area contributed by atoms with Crippen LogP contribution >= 0.6 is 0 Å². The molecule has 0 unspecified atom stereocenters. The van der Waals surface area contributed by atoms with Gasteiger partial charge >= 0.3 is 0 Å². The summed E-state index contributed by atoms with van der Waals surface area (Å²) in [6.07, 6.45) is 2.50. The normalized spacial score (nSPS) is 10.6. The van der Waals surface area contributed by atoms with E-state index in [1.807, 2.05) is 13.8 Å². The van der Waals surface area contributed by atoms with E-state index >= 15 is 0 Å². The van der Waals surface area contributed by atoms with Crippen LogP contribution in [-0.2, 0) is 4.79 Å². The molecule has 6 nitrogen and oxygen atoms in total. The lowest BCUT2D eigenvalue weighted by Gasteiger charge is -2.18. The van der Waals surface area contributed by atoms with Gasteiger partial charge in [-0.15, -0.1) is 0 Å². The minimum absolute atomic E-state index is 0.101. The quantitative estimate of drug-likeness (QED) is 0.736. The zero-order valence-electron chi connectivity index (χ0n) is 15.5. The molecule has 2 rings (SSSR count). The first kappa shape index (κ1) is 19.6. The zero-order valence-corrected chi connectivity index (χ0v) is 15.5. The Balaban J connectivity index is 1.90. The molecule has 2 aromatic rings. The minimum atomic E-state index is -0.323. The van der Waals surface area contributed by atoms with E-state index in [0.29, 0.717) is 49.4 Å². The molecule has 0 saturated heterocycles. The number of amides is 2. The van der Waals surface area contributed by atoms with Gasteiger partial charge in [0.25, 0.3) is 5.91 Å². The number of hydrogen-bond acceptors (Lipinski definition) is 3. The van der Waals surface area contributed by atoms with Gasteiger partial charge in [-0.2, -0.15) is 5.10 Å². The van der Waals surface area contributed by atoms with E-state index < -0.39 is 0 Å². The lowest BCUT2D eigenvalue weighted by Crippen LogP contribution is -2.31. The molecule has 0 aliphatic heterocycles. The minimum Gasteiger partial charge on any atom is -0.352 e. The molecule has 2 amide bonds. The molecule has 0 bridgehead atoms. The Kier molecular flexibility index (Phi) is 6.89. The van der Waals surface area contributed by atoms with Crippen molar-refractivity contribution in [2.24, 2.45) is 0 Å². The summed E-state index contributed by atoms with van der Waals surface area (Å²) in [5.41, 5.74) is 1.82. The van der Waals surface area contributed by atoms with Crippen molar-refractivity contribution in [1.82, 2.24) is 20.0 Å². The van der Waals surface area contributed by atoms with Crippen LogP contribution in [0.15, 0.2) is 30.5 Å². The third-order valence-corrected chi connectivity index (χ3v) is 4.29. The predicted octanol–water partition coefficient (Wildman–Crippen LogP) is 2.70. The smallest absolute Gasteiger partial charge is 0.254 e. The van der Waals surface area contributed by atoms with Gasteiger partial charge in [0.05, 0.1) is 23.1 Å². The van der Waals surface area contributed by atoms with Crippen molar-refractivity contribution in [3.8, 4) is 5.69 Å². The summed E-state index contributed by atoms with van der Waals surface area (Å²) in [6, 6.07) is 5.91. The molecule has 140 valence electrons. The molecular formula is C19H25FN4O2. The van der Waals surface area contributed by atoms with Crippen molar-refractivity contribution in [2.45, 2.75) is 33.6 Å². The number of nitrogens with one attached hydrogen (secondary N) is 1. The lowest BCUT2D eigenvalue weighted by molar-refractivity contribution is -0.130. The van der Waals surface area contributed by atoms with E-state index in [9.17, 15) is 14.0 Å². The molecule has 0 aliphatic rings. The number of aromatic nitrogens is 2. The summed E-state index contributed by atoms with van der Waals surface area (Å²) in [4.78, 5) is 26.0. The lowest BCUT2D eigenvalue weighted by atomic mass is 10.2. The Morgan fingerprint density at radius 1 is 1.19 bits per heavy atom. The van der Waals surface area contributed by atoms with Crippen molar-refractivity contribution in [3.63, 3.8) is 0 Å². The van der Waals surface area contributed by atoms with Crippen LogP contribution in [0, 0.1) is 12.7 Å². The fourth-order valence-corrected chi connectivity index (χ4v) is 2.75. The Bertz CT molecular complexity index is 751. The second kappa shape index (κ2) is 9.12. The van der Waals surface area contributed by atoms with Crippen molar-refractivity contribution in [1.29, 1.82) is 0 Å². The maximum absolute atomic E-state index is 13.0. The van der Waals surface area contributed by atoms with Gasteiger partial charge in [0.15, 0.2) is 0 Å². The monoisotopic (exact) mass is 360 g/mol. The Labute approximate surface area is 153 Å². The van der Waals surface area contributed by atoms with Crippen LogP contribution in [0.3, 0.4) is 0 Å². The van der Waals surface area contributed by atoms with Gasteiger partial charge < -0.3 is 10.2 Å².